The van der Waals surface area contributed by atoms with Crippen molar-refractivity contribution in [3.63, 3.8) is 0 Å². The minimum absolute atomic E-state index is 0.00818. The maximum atomic E-state index is 12.8. The number of benzene rings is 3. The average Bonchev–Trinajstić information content (AvgIpc) is 3.26. The zero-order valence-corrected chi connectivity index (χ0v) is 18.4. The Bertz CT molecular complexity index is 1330. The van der Waals surface area contributed by atoms with Gasteiger partial charge < -0.3 is 19.7 Å². The molecule has 0 aliphatic rings. The molecule has 0 radical (unpaired) electrons. The Balaban J connectivity index is 1.60. The molecule has 0 spiro atoms. The van der Waals surface area contributed by atoms with Crippen molar-refractivity contribution in [1.82, 2.24) is 4.98 Å². The number of carbonyl (C=O) groups is 1. The van der Waals surface area contributed by atoms with Crippen molar-refractivity contribution < 1.29 is 32.6 Å². The van der Waals surface area contributed by atoms with Gasteiger partial charge in [0.05, 0.1) is 11.3 Å². The smallest absolute Gasteiger partial charge is 0.416 e. The van der Waals surface area contributed by atoms with Gasteiger partial charge >= 0.3 is 12.1 Å². The lowest BCUT2D eigenvalue weighted by Gasteiger charge is -2.09. The molecule has 0 saturated heterocycles. The lowest BCUT2D eigenvalue weighted by Crippen LogP contribution is -2.09. The van der Waals surface area contributed by atoms with Gasteiger partial charge in [0.15, 0.2) is 6.61 Å². The van der Waals surface area contributed by atoms with E-state index in [0.717, 1.165) is 34.2 Å². The van der Waals surface area contributed by atoms with Crippen LogP contribution in [-0.4, -0.2) is 28.4 Å². The number of H-pyrrole nitrogens is 1. The van der Waals surface area contributed by atoms with Gasteiger partial charge in [0.25, 0.3) is 0 Å². The van der Waals surface area contributed by atoms with Crippen LogP contribution in [0.15, 0.2) is 84.1 Å². The molecule has 0 aliphatic carbocycles. The van der Waals surface area contributed by atoms with Crippen LogP contribution in [0.1, 0.15) is 22.3 Å². The third-order valence-electron chi connectivity index (χ3n) is 5.23. The number of rotatable bonds is 9. The van der Waals surface area contributed by atoms with Crippen molar-refractivity contribution >= 4 is 22.6 Å². The van der Waals surface area contributed by atoms with Crippen molar-refractivity contribution in [2.24, 2.45) is 5.16 Å². The standard InChI is InChI=1S/C26H21F3N2O4/c27-26(28,29)19-8-6-18(7-9-19)15-35-31-24(12-17-4-2-1-3-5-17)22-14-30-23-11-10-20(13-21(22)23)34-16-25(32)33/h1-11,13-14,30H,12,15-16H2,(H,32,33). The monoisotopic (exact) mass is 482 g/mol. The number of aliphatic carboxylic acids is 1. The molecule has 1 heterocycles. The van der Waals surface area contributed by atoms with Crippen LogP contribution in [0.2, 0.25) is 0 Å². The predicted octanol–water partition coefficient (Wildman–Crippen LogP) is 5.81. The van der Waals surface area contributed by atoms with Crippen molar-refractivity contribution in [1.29, 1.82) is 0 Å². The molecule has 0 fully saturated rings. The first kappa shape index (κ1) is 23.9. The topological polar surface area (TPSA) is 83.9 Å². The van der Waals surface area contributed by atoms with Gasteiger partial charge in [-0.15, -0.1) is 0 Å². The molecule has 3 aromatic carbocycles. The Hall–Kier alpha value is -4.27. The van der Waals surface area contributed by atoms with Crippen LogP contribution in [0.3, 0.4) is 0 Å². The average molecular weight is 482 g/mol. The van der Waals surface area contributed by atoms with E-state index in [-0.39, 0.29) is 6.61 Å². The summed E-state index contributed by atoms with van der Waals surface area (Å²) in [6.07, 6.45) is -2.20. The van der Waals surface area contributed by atoms with Crippen molar-refractivity contribution in [3.8, 4) is 5.75 Å². The second-order valence-corrected chi connectivity index (χ2v) is 7.76. The molecule has 0 amide bonds. The normalized spacial score (nSPS) is 12.0. The highest BCUT2D eigenvalue weighted by molar-refractivity contribution is 6.11. The number of nitrogens with one attached hydrogen (secondary N) is 1. The Morgan fingerprint density at radius 2 is 1.71 bits per heavy atom. The number of aromatic nitrogens is 1. The van der Waals surface area contributed by atoms with Gasteiger partial charge in [0.2, 0.25) is 0 Å². The van der Waals surface area contributed by atoms with Gasteiger partial charge in [-0.25, -0.2) is 4.79 Å². The highest BCUT2D eigenvalue weighted by Gasteiger charge is 2.29. The van der Waals surface area contributed by atoms with E-state index < -0.39 is 24.3 Å². The fourth-order valence-corrected chi connectivity index (χ4v) is 3.51. The molecule has 180 valence electrons. The molecule has 4 aromatic rings. The summed E-state index contributed by atoms with van der Waals surface area (Å²) in [6.45, 7) is -0.474. The molecular weight excluding hydrogens is 461 g/mol. The number of aromatic amines is 1. The van der Waals surface area contributed by atoms with E-state index in [2.05, 4.69) is 10.1 Å². The molecule has 1 aromatic heterocycles. The molecule has 9 heteroatoms. The van der Waals surface area contributed by atoms with E-state index in [1.54, 1.807) is 24.4 Å². The zero-order chi connectivity index (χ0) is 24.8. The van der Waals surface area contributed by atoms with Gasteiger partial charge in [-0.3, -0.25) is 0 Å². The Morgan fingerprint density at radius 1 is 0.971 bits per heavy atom. The van der Waals surface area contributed by atoms with E-state index in [0.29, 0.717) is 23.4 Å². The first-order valence-corrected chi connectivity index (χ1v) is 10.6. The van der Waals surface area contributed by atoms with Gasteiger partial charge in [-0.2, -0.15) is 13.2 Å². The Morgan fingerprint density at radius 3 is 2.40 bits per heavy atom. The van der Waals surface area contributed by atoms with Crippen molar-refractivity contribution in [3.05, 3.63) is 101 Å². The van der Waals surface area contributed by atoms with Gasteiger partial charge in [0.1, 0.15) is 12.4 Å². The number of hydrogen-bond donors (Lipinski definition) is 2. The number of hydrogen-bond acceptors (Lipinski definition) is 4. The summed E-state index contributed by atoms with van der Waals surface area (Å²) < 4.78 is 43.7. The minimum Gasteiger partial charge on any atom is -0.482 e. The van der Waals surface area contributed by atoms with E-state index >= 15 is 0 Å². The number of halogens is 3. The number of carboxylic acid groups (broad SMARTS) is 1. The molecule has 0 unspecified atom stereocenters. The minimum atomic E-state index is -4.40. The summed E-state index contributed by atoms with van der Waals surface area (Å²) in [7, 11) is 0. The lowest BCUT2D eigenvalue weighted by atomic mass is 10.0. The molecule has 4 rings (SSSR count). The Labute approximate surface area is 198 Å². The summed E-state index contributed by atoms with van der Waals surface area (Å²) in [5.41, 5.74) is 2.92. The van der Waals surface area contributed by atoms with Crippen molar-refractivity contribution in [2.75, 3.05) is 6.61 Å². The fourth-order valence-electron chi connectivity index (χ4n) is 3.51. The second-order valence-electron chi connectivity index (χ2n) is 7.76. The third kappa shape index (κ3) is 6.20. The maximum absolute atomic E-state index is 12.8. The molecule has 6 nitrogen and oxygen atoms in total. The lowest BCUT2D eigenvalue weighted by molar-refractivity contribution is -0.139. The number of ether oxygens (including phenoxy) is 1. The number of alkyl halides is 3. The van der Waals surface area contributed by atoms with Gasteiger partial charge in [-0.1, -0.05) is 47.6 Å². The van der Waals surface area contributed by atoms with Crippen LogP contribution in [0.25, 0.3) is 10.9 Å². The molecule has 0 bridgehead atoms. The van der Waals surface area contributed by atoms with Crippen LogP contribution >= 0.6 is 0 Å². The molecule has 0 saturated carbocycles. The zero-order valence-electron chi connectivity index (χ0n) is 18.4. The fraction of sp³-hybridized carbons (Fsp3) is 0.154. The highest BCUT2D eigenvalue weighted by Crippen LogP contribution is 2.29. The summed E-state index contributed by atoms with van der Waals surface area (Å²) >= 11 is 0. The summed E-state index contributed by atoms with van der Waals surface area (Å²) in [5, 5.41) is 14.0. The van der Waals surface area contributed by atoms with Crippen LogP contribution in [0.5, 0.6) is 5.75 Å². The van der Waals surface area contributed by atoms with E-state index in [1.165, 1.54) is 12.1 Å². The van der Waals surface area contributed by atoms with Gasteiger partial charge in [0, 0.05) is 29.1 Å². The van der Waals surface area contributed by atoms with Crippen molar-refractivity contribution in [2.45, 2.75) is 19.2 Å². The number of carboxylic acids is 1. The quantitative estimate of drug-likeness (QED) is 0.233. The van der Waals surface area contributed by atoms with Crippen LogP contribution < -0.4 is 4.74 Å². The molecule has 2 N–H and O–H groups in total. The van der Waals surface area contributed by atoms with E-state index in [1.807, 2.05) is 30.3 Å². The highest BCUT2D eigenvalue weighted by atomic mass is 19.4. The number of nitrogens with zero attached hydrogens (tertiary/aromatic N) is 1. The summed E-state index contributed by atoms with van der Waals surface area (Å²) in [6, 6.07) is 19.5. The molecule has 0 aliphatic heterocycles. The first-order valence-electron chi connectivity index (χ1n) is 10.6. The first-order chi connectivity index (χ1) is 16.8. The third-order valence-corrected chi connectivity index (χ3v) is 5.23. The molecule has 0 atom stereocenters. The van der Waals surface area contributed by atoms with Crippen LogP contribution in [-0.2, 0) is 28.8 Å². The number of fused-ring (bicyclic) bond motifs is 1. The summed E-state index contributed by atoms with van der Waals surface area (Å²) in [4.78, 5) is 19.6. The Kier molecular flexibility index (Phi) is 7.05. The maximum Gasteiger partial charge on any atom is 0.416 e. The van der Waals surface area contributed by atoms with Crippen LogP contribution in [0.4, 0.5) is 13.2 Å². The molecule has 35 heavy (non-hydrogen) atoms. The predicted molar refractivity (Wildman–Crippen MR) is 124 cm³/mol. The molecular formula is C26H21F3N2O4. The second kappa shape index (κ2) is 10.3. The van der Waals surface area contributed by atoms with E-state index in [9.17, 15) is 18.0 Å². The summed E-state index contributed by atoms with van der Waals surface area (Å²) in [5.74, 6) is -0.687. The number of oxime groups is 1. The van der Waals surface area contributed by atoms with E-state index in [4.69, 9.17) is 14.7 Å². The largest absolute Gasteiger partial charge is 0.482 e. The SMILES string of the molecule is O=C(O)COc1ccc2[nH]cc(C(Cc3ccccc3)=NOCc3ccc(C(F)(F)F)cc3)c2c1. The van der Waals surface area contributed by atoms with Crippen LogP contribution in [0, 0.1) is 0 Å². The van der Waals surface area contributed by atoms with Gasteiger partial charge in [-0.05, 0) is 41.5 Å².